The second kappa shape index (κ2) is 5.83. The van der Waals surface area contributed by atoms with Crippen molar-refractivity contribution in [2.75, 3.05) is 11.9 Å². The number of anilines is 1. The molecule has 1 aromatic heterocycles. The van der Waals surface area contributed by atoms with Crippen molar-refractivity contribution in [2.24, 2.45) is 0 Å². The Morgan fingerprint density at radius 2 is 2.11 bits per heavy atom. The fourth-order valence-electron chi connectivity index (χ4n) is 1.70. The summed E-state index contributed by atoms with van der Waals surface area (Å²) in [6, 6.07) is 11.7. The number of nitriles is 1. The van der Waals surface area contributed by atoms with Gasteiger partial charge in [0.15, 0.2) is 0 Å². The van der Waals surface area contributed by atoms with Crippen LogP contribution in [0.25, 0.3) is 0 Å². The van der Waals surface area contributed by atoms with Crippen LogP contribution >= 0.6 is 0 Å². The van der Waals surface area contributed by atoms with Gasteiger partial charge in [0.05, 0.1) is 0 Å². The number of nitrogens with zero attached hydrogens (tertiary/aromatic N) is 2. The Labute approximate surface area is 110 Å². The third-order valence-corrected chi connectivity index (χ3v) is 2.71. The van der Waals surface area contributed by atoms with Gasteiger partial charge in [0.1, 0.15) is 17.6 Å². The van der Waals surface area contributed by atoms with Crippen LogP contribution in [0.1, 0.15) is 16.8 Å². The third kappa shape index (κ3) is 3.68. The largest absolute Gasteiger partial charge is 0.369 e. The first-order chi connectivity index (χ1) is 9.17. The van der Waals surface area contributed by atoms with Crippen LogP contribution in [0, 0.1) is 18.3 Å². The van der Waals surface area contributed by atoms with Gasteiger partial charge in [-0.3, -0.25) is 4.98 Å². The summed E-state index contributed by atoms with van der Waals surface area (Å²) in [4.78, 5) is 17.3. The molecular formula is C14H14N4O. The summed E-state index contributed by atoms with van der Waals surface area (Å²) < 4.78 is 0. The lowest BCUT2D eigenvalue weighted by atomic mass is 10.1. The molecule has 5 heteroatoms. The molecule has 5 nitrogen and oxygen atoms in total. The first-order valence-electron chi connectivity index (χ1n) is 5.98. The molecule has 0 aliphatic rings. The quantitative estimate of drug-likeness (QED) is 0.868. The van der Waals surface area contributed by atoms with Gasteiger partial charge in [-0.25, -0.2) is 4.79 Å². The Bertz CT molecular complexity index is 652. The summed E-state index contributed by atoms with van der Waals surface area (Å²) >= 11 is 0. The number of aromatic amines is 1. The van der Waals surface area contributed by atoms with Crippen molar-refractivity contribution in [1.29, 1.82) is 5.26 Å². The van der Waals surface area contributed by atoms with Crippen molar-refractivity contribution in [3.05, 3.63) is 57.6 Å². The Morgan fingerprint density at radius 1 is 1.37 bits per heavy atom. The lowest BCUT2D eigenvalue weighted by Gasteiger charge is -2.05. The smallest absolute Gasteiger partial charge is 0.347 e. The van der Waals surface area contributed by atoms with Crippen molar-refractivity contribution >= 4 is 5.82 Å². The normalized spacial score (nSPS) is 9.89. The fraction of sp³-hybridized carbons (Fsp3) is 0.214. The van der Waals surface area contributed by atoms with E-state index in [1.54, 1.807) is 0 Å². The molecule has 2 aromatic rings. The molecule has 0 spiro atoms. The van der Waals surface area contributed by atoms with Gasteiger partial charge in [0.2, 0.25) is 0 Å². The van der Waals surface area contributed by atoms with E-state index in [0.717, 1.165) is 6.42 Å². The molecule has 96 valence electrons. The molecule has 2 N–H and O–H groups in total. The molecule has 0 amide bonds. The van der Waals surface area contributed by atoms with Crippen molar-refractivity contribution < 1.29 is 0 Å². The Morgan fingerprint density at radius 3 is 2.79 bits per heavy atom. The first kappa shape index (κ1) is 12.8. The van der Waals surface area contributed by atoms with Crippen LogP contribution in [0.2, 0.25) is 0 Å². The Hall–Kier alpha value is -2.61. The molecule has 0 aliphatic heterocycles. The lowest BCUT2D eigenvalue weighted by Crippen LogP contribution is -2.16. The van der Waals surface area contributed by atoms with Crippen molar-refractivity contribution in [3.8, 4) is 6.07 Å². The van der Waals surface area contributed by atoms with Gasteiger partial charge < -0.3 is 5.32 Å². The van der Waals surface area contributed by atoms with E-state index in [-0.39, 0.29) is 5.69 Å². The molecule has 0 unspecified atom stereocenters. The van der Waals surface area contributed by atoms with E-state index in [1.807, 2.05) is 13.0 Å². The molecule has 19 heavy (non-hydrogen) atoms. The molecule has 1 heterocycles. The molecule has 0 saturated heterocycles. The number of aryl methyl sites for hydroxylation is 1. The van der Waals surface area contributed by atoms with Gasteiger partial charge in [-0.1, -0.05) is 29.8 Å². The number of nitrogens with one attached hydrogen (secondary N) is 2. The van der Waals surface area contributed by atoms with E-state index in [4.69, 9.17) is 5.26 Å². The van der Waals surface area contributed by atoms with E-state index in [9.17, 15) is 4.79 Å². The highest BCUT2D eigenvalue weighted by Gasteiger charge is 2.00. The predicted molar refractivity (Wildman–Crippen MR) is 72.9 cm³/mol. The second-order valence-corrected chi connectivity index (χ2v) is 4.26. The number of H-pyrrole nitrogens is 1. The fourth-order valence-corrected chi connectivity index (χ4v) is 1.70. The Balaban J connectivity index is 1.96. The van der Waals surface area contributed by atoms with Gasteiger partial charge in [-0.15, -0.1) is 0 Å². The highest BCUT2D eigenvalue weighted by Crippen LogP contribution is 2.05. The van der Waals surface area contributed by atoms with Crippen LogP contribution in [0.4, 0.5) is 5.82 Å². The molecule has 0 saturated carbocycles. The van der Waals surface area contributed by atoms with Crippen LogP contribution < -0.4 is 11.0 Å². The number of rotatable bonds is 4. The van der Waals surface area contributed by atoms with Gasteiger partial charge in [0.25, 0.3) is 0 Å². The van der Waals surface area contributed by atoms with E-state index >= 15 is 0 Å². The Kier molecular flexibility index (Phi) is 3.94. The van der Waals surface area contributed by atoms with Crippen molar-refractivity contribution in [1.82, 2.24) is 9.97 Å². The molecule has 2 rings (SSSR count). The first-order valence-corrected chi connectivity index (χ1v) is 5.98. The lowest BCUT2D eigenvalue weighted by molar-refractivity contribution is 0.980. The van der Waals surface area contributed by atoms with E-state index in [1.165, 1.54) is 17.2 Å². The third-order valence-electron chi connectivity index (χ3n) is 2.71. The van der Waals surface area contributed by atoms with Crippen molar-refractivity contribution in [2.45, 2.75) is 13.3 Å². The number of aromatic nitrogens is 2. The summed E-state index contributed by atoms with van der Waals surface area (Å²) in [6.45, 7) is 2.70. The molecular weight excluding hydrogens is 240 g/mol. The summed E-state index contributed by atoms with van der Waals surface area (Å²) in [7, 11) is 0. The summed E-state index contributed by atoms with van der Waals surface area (Å²) in [6.07, 6.45) is 0.830. The SMILES string of the molecule is Cc1ccc(CCNc2cc(C#N)[nH]c(=O)n2)cc1. The highest BCUT2D eigenvalue weighted by molar-refractivity contribution is 5.38. The molecule has 0 fully saturated rings. The van der Waals surface area contributed by atoms with E-state index in [2.05, 4.69) is 39.6 Å². The average molecular weight is 254 g/mol. The van der Waals surface area contributed by atoms with Gasteiger partial charge in [0, 0.05) is 12.6 Å². The van der Waals surface area contributed by atoms with Gasteiger partial charge in [-0.05, 0) is 18.9 Å². The summed E-state index contributed by atoms with van der Waals surface area (Å²) in [5.74, 6) is 0.424. The second-order valence-electron chi connectivity index (χ2n) is 4.26. The minimum absolute atomic E-state index is 0.206. The van der Waals surface area contributed by atoms with Crippen LogP contribution in [-0.4, -0.2) is 16.5 Å². The maximum Gasteiger partial charge on any atom is 0.347 e. The zero-order valence-corrected chi connectivity index (χ0v) is 10.6. The maximum atomic E-state index is 11.2. The minimum Gasteiger partial charge on any atom is -0.369 e. The van der Waals surface area contributed by atoms with Crippen LogP contribution in [0.5, 0.6) is 0 Å². The predicted octanol–water partition coefficient (Wildman–Crippen LogP) is 1.60. The number of benzene rings is 1. The van der Waals surface area contributed by atoms with E-state index in [0.29, 0.717) is 12.4 Å². The molecule has 0 aliphatic carbocycles. The zero-order chi connectivity index (χ0) is 13.7. The van der Waals surface area contributed by atoms with Crippen molar-refractivity contribution in [3.63, 3.8) is 0 Å². The average Bonchev–Trinajstić information content (AvgIpc) is 2.40. The van der Waals surface area contributed by atoms with Gasteiger partial charge in [-0.2, -0.15) is 10.2 Å². The van der Waals surface area contributed by atoms with Crippen LogP contribution in [-0.2, 0) is 6.42 Å². The number of hydrogen-bond donors (Lipinski definition) is 2. The van der Waals surface area contributed by atoms with Crippen LogP contribution in [0.3, 0.4) is 0 Å². The molecule has 0 atom stereocenters. The summed E-state index contributed by atoms with van der Waals surface area (Å²) in [5.41, 5.74) is 2.13. The van der Waals surface area contributed by atoms with Gasteiger partial charge >= 0.3 is 5.69 Å². The van der Waals surface area contributed by atoms with Crippen LogP contribution in [0.15, 0.2) is 35.1 Å². The standard InChI is InChI=1S/C14H14N4O/c1-10-2-4-11(5-3-10)6-7-16-13-8-12(9-15)17-14(19)18-13/h2-5,8H,6-7H2,1H3,(H2,16,17,18,19). The zero-order valence-electron chi connectivity index (χ0n) is 10.6. The molecule has 0 bridgehead atoms. The maximum absolute atomic E-state index is 11.2. The monoisotopic (exact) mass is 254 g/mol. The number of hydrogen-bond acceptors (Lipinski definition) is 4. The molecule has 0 radical (unpaired) electrons. The topological polar surface area (TPSA) is 81.6 Å². The summed E-state index contributed by atoms with van der Waals surface area (Å²) in [5, 5.41) is 11.8. The molecule has 1 aromatic carbocycles. The minimum atomic E-state index is -0.517. The van der Waals surface area contributed by atoms with E-state index < -0.39 is 5.69 Å². The highest BCUT2D eigenvalue weighted by atomic mass is 16.1.